The quantitative estimate of drug-likeness (QED) is 0.778. The van der Waals surface area contributed by atoms with Gasteiger partial charge in [0.2, 0.25) is 0 Å². The van der Waals surface area contributed by atoms with Gasteiger partial charge in [-0.25, -0.2) is 0 Å². The highest BCUT2D eigenvalue weighted by Crippen LogP contribution is 2.23. The first-order chi connectivity index (χ1) is 9.28. The van der Waals surface area contributed by atoms with Crippen molar-refractivity contribution in [3.05, 3.63) is 28.8 Å². The van der Waals surface area contributed by atoms with Crippen LogP contribution in [0.5, 0.6) is 5.75 Å². The smallest absolute Gasteiger partial charge is 0.491 e. The molecule has 3 nitrogen and oxygen atoms in total. The lowest BCUT2D eigenvalue weighted by Crippen LogP contribution is -2.22. The summed E-state index contributed by atoms with van der Waals surface area (Å²) >= 11 is 5.90. The predicted molar refractivity (Wildman–Crippen MR) is 70.9 cm³/mol. The van der Waals surface area contributed by atoms with Gasteiger partial charge in [0.1, 0.15) is 12.4 Å². The first-order valence-electron chi connectivity index (χ1n) is 6.13. The average Bonchev–Trinajstić information content (AvgIpc) is 2.32. The molecule has 1 aromatic carbocycles. The van der Waals surface area contributed by atoms with Crippen LogP contribution in [0, 0.1) is 0 Å². The van der Waals surface area contributed by atoms with E-state index in [1.54, 1.807) is 18.2 Å². The molecule has 0 aromatic heterocycles. The third kappa shape index (κ3) is 6.98. The highest BCUT2D eigenvalue weighted by Gasteiger charge is 2.28. The van der Waals surface area contributed by atoms with Crippen molar-refractivity contribution in [2.24, 2.45) is 0 Å². The minimum atomic E-state index is -4.63. The maximum absolute atomic E-state index is 11.8. The number of rotatable bonds is 7. The number of hydrogen-bond donors (Lipinski definition) is 1. The monoisotopic (exact) mass is 311 g/mol. The van der Waals surface area contributed by atoms with Crippen molar-refractivity contribution in [2.75, 3.05) is 13.2 Å². The molecule has 1 N–H and O–H groups in total. The molecule has 0 unspecified atom stereocenters. The van der Waals surface area contributed by atoms with Crippen LogP contribution in [0.4, 0.5) is 13.2 Å². The van der Waals surface area contributed by atoms with Gasteiger partial charge in [-0.1, -0.05) is 25.4 Å². The fraction of sp³-hybridized carbons (Fsp3) is 0.538. The van der Waals surface area contributed by atoms with E-state index in [-0.39, 0.29) is 12.6 Å². The van der Waals surface area contributed by atoms with Gasteiger partial charge in [-0.15, -0.1) is 13.2 Å². The van der Waals surface area contributed by atoms with Crippen LogP contribution in [0.3, 0.4) is 0 Å². The van der Waals surface area contributed by atoms with Crippen LogP contribution in [-0.4, -0.2) is 25.6 Å². The van der Waals surface area contributed by atoms with Gasteiger partial charge < -0.3 is 10.1 Å². The minimum Gasteiger partial charge on any atom is -0.491 e. The summed E-state index contributed by atoms with van der Waals surface area (Å²) < 4.78 is 44.4. The molecule has 0 amide bonds. The molecule has 0 radical (unpaired) electrons. The lowest BCUT2D eigenvalue weighted by Gasteiger charge is -2.14. The number of ether oxygens (including phenoxy) is 2. The number of alkyl halides is 3. The zero-order valence-corrected chi connectivity index (χ0v) is 12.0. The molecule has 0 aliphatic carbocycles. The van der Waals surface area contributed by atoms with Crippen LogP contribution in [0.2, 0.25) is 5.02 Å². The Labute approximate surface area is 121 Å². The summed E-state index contributed by atoms with van der Waals surface area (Å²) in [6, 6.07) is 5.25. The Morgan fingerprint density at radius 3 is 2.55 bits per heavy atom. The molecule has 7 heteroatoms. The van der Waals surface area contributed by atoms with Gasteiger partial charge in [-0.05, 0) is 18.2 Å². The third-order valence-corrected chi connectivity index (χ3v) is 2.57. The van der Waals surface area contributed by atoms with Gasteiger partial charge in [0.15, 0.2) is 0 Å². The fourth-order valence-corrected chi connectivity index (χ4v) is 1.64. The zero-order valence-electron chi connectivity index (χ0n) is 11.3. The molecular weight excluding hydrogens is 295 g/mol. The lowest BCUT2D eigenvalue weighted by molar-refractivity contribution is -0.325. The summed E-state index contributed by atoms with van der Waals surface area (Å²) in [6.07, 6.45) is -4.63. The molecule has 0 fully saturated rings. The van der Waals surface area contributed by atoms with Crippen LogP contribution in [-0.2, 0) is 11.3 Å². The number of hydrogen-bond acceptors (Lipinski definition) is 3. The molecule has 0 aliphatic rings. The molecule has 0 spiro atoms. The van der Waals surface area contributed by atoms with E-state index >= 15 is 0 Å². The second-order valence-corrected chi connectivity index (χ2v) is 4.87. The fourth-order valence-electron chi connectivity index (χ4n) is 1.45. The SMILES string of the molecule is CC(C)NCc1cc(Cl)ccc1OCCOC(F)(F)F. The van der Waals surface area contributed by atoms with Crippen molar-refractivity contribution in [2.45, 2.75) is 32.8 Å². The summed E-state index contributed by atoms with van der Waals surface area (Å²) in [7, 11) is 0. The lowest BCUT2D eigenvalue weighted by atomic mass is 10.2. The van der Waals surface area contributed by atoms with E-state index in [4.69, 9.17) is 16.3 Å². The maximum Gasteiger partial charge on any atom is 0.522 e. The van der Waals surface area contributed by atoms with E-state index in [0.717, 1.165) is 5.56 Å². The summed E-state index contributed by atoms with van der Waals surface area (Å²) in [5.74, 6) is 0.494. The second-order valence-electron chi connectivity index (χ2n) is 4.43. The second kappa shape index (κ2) is 7.71. The Morgan fingerprint density at radius 1 is 1.25 bits per heavy atom. The van der Waals surface area contributed by atoms with Crippen LogP contribution < -0.4 is 10.1 Å². The first-order valence-corrected chi connectivity index (χ1v) is 6.51. The number of nitrogens with one attached hydrogen (secondary N) is 1. The van der Waals surface area contributed by atoms with Gasteiger partial charge in [0.05, 0.1) is 6.61 Å². The largest absolute Gasteiger partial charge is 0.522 e. The highest BCUT2D eigenvalue weighted by atomic mass is 35.5. The van der Waals surface area contributed by atoms with Gasteiger partial charge in [0, 0.05) is 23.2 Å². The minimum absolute atomic E-state index is 0.185. The van der Waals surface area contributed by atoms with Crippen LogP contribution in [0.15, 0.2) is 18.2 Å². The van der Waals surface area contributed by atoms with Crippen molar-refractivity contribution >= 4 is 11.6 Å². The topological polar surface area (TPSA) is 30.5 Å². The first kappa shape index (κ1) is 17.1. The molecule has 1 rings (SSSR count). The van der Waals surface area contributed by atoms with Crippen molar-refractivity contribution in [3.8, 4) is 5.75 Å². The van der Waals surface area contributed by atoms with E-state index in [1.165, 1.54) is 0 Å². The number of benzene rings is 1. The van der Waals surface area contributed by atoms with Crippen molar-refractivity contribution in [3.63, 3.8) is 0 Å². The Bertz CT molecular complexity index is 425. The molecule has 114 valence electrons. The van der Waals surface area contributed by atoms with Gasteiger partial charge in [-0.2, -0.15) is 0 Å². The molecular formula is C13H17ClF3NO2. The highest BCUT2D eigenvalue weighted by molar-refractivity contribution is 6.30. The average molecular weight is 312 g/mol. The molecule has 0 aliphatic heterocycles. The summed E-state index contributed by atoms with van der Waals surface area (Å²) in [4.78, 5) is 0. The maximum atomic E-state index is 11.8. The summed E-state index contributed by atoms with van der Waals surface area (Å²) in [6.45, 7) is 3.76. The van der Waals surface area contributed by atoms with Gasteiger partial charge in [0.25, 0.3) is 0 Å². The Morgan fingerprint density at radius 2 is 1.95 bits per heavy atom. The summed E-state index contributed by atoms with van der Waals surface area (Å²) in [5.41, 5.74) is 0.790. The van der Waals surface area contributed by atoms with E-state index in [0.29, 0.717) is 17.3 Å². The van der Waals surface area contributed by atoms with E-state index in [9.17, 15) is 13.2 Å². The number of halogens is 4. The predicted octanol–water partition coefficient (Wildman–Crippen LogP) is 3.75. The zero-order chi connectivity index (χ0) is 15.2. The molecule has 0 atom stereocenters. The Kier molecular flexibility index (Phi) is 6.58. The summed E-state index contributed by atoms with van der Waals surface area (Å²) in [5, 5.41) is 3.74. The van der Waals surface area contributed by atoms with Gasteiger partial charge >= 0.3 is 6.36 Å². The molecule has 0 heterocycles. The van der Waals surface area contributed by atoms with Crippen LogP contribution >= 0.6 is 11.6 Å². The van der Waals surface area contributed by atoms with E-state index in [1.807, 2.05) is 13.8 Å². The van der Waals surface area contributed by atoms with Crippen molar-refractivity contribution in [1.29, 1.82) is 0 Å². The van der Waals surface area contributed by atoms with Crippen LogP contribution in [0.25, 0.3) is 0 Å². The van der Waals surface area contributed by atoms with E-state index < -0.39 is 13.0 Å². The van der Waals surface area contributed by atoms with Crippen molar-refractivity contribution < 1.29 is 22.6 Å². The molecule has 0 saturated heterocycles. The molecule has 0 saturated carbocycles. The van der Waals surface area contributed by atoms with Crippen LogP contribution in [0.1, 0.15) is 19.4 Å². The molecule has 1 aromatic rings. The van der Waals surface area contributed by atoms with Crippen molar-refractivity contribution in [1.82, 2.24) is 5.32 Å². The van der Waals surface area contributed by atoms with Gasteiger partial charge in [-0.3, -0.25) is 4.74 Å². The molecule has 20 heavy (non-hydrogen) atoms. The standard InChI is InChI=1S/C13H17ClF3NO2/c1-9(2)18-8-10-7-11(14)3-4-12(10)19-5-6-20-13(15,16)17/h3-4,7,9,18H,5-6,8H2,1-2H3. The van der Waals surface area contributed by atoms with E-state index in [2.05, 4.69) is 10.1 Å². The molecule has 0 bridgehead atoms. The Balaban J connectivity index is 2.55. The Hall–Kier alpha value is -0.980. The third-order valence-electron chi connectivity index (χ3n) is 2.33. The normalized spacial score (nSPS) is 11.9.